The van der Waals surface area contributed by atoms with Crippen molar-refractivity contribution in [3.63, 3.8) is 0 Å². The predicted octanol–water partition coefficient (Wildman–Crippen LogP) is 6.92. The van der Waals surface area contributed by atoms with Crippen LogP contribution in [0.3, 0.4) is 0 Å². The fraction of sp³-hybridized carbons (Fsp3) is 0.289. The Balaban J connectivity index is 0.000000296. The number of likely N-dealkylation sites (N-methyl/N-ethyl adjacent to an activating group) is 2. The average Bonchev–Trinajstić information content (AvgIpc) is 3.60. The van der Waals surface area contributed by atoms with Gasteiger partial charge in [-0.25, -0.2) is 9.98 Å². The van der Waals surface area contributed by atoms with Crippen molar-refractivity contribution in [2.75, 3.05) is 41.5 Å². The molecule has 328 valence electrons. The molecule has 2 atom stereocenters. The lowest BCUT2D eigenvalue weighted by atomic mass is 9.81. The molecule has 4 aromatic rings. The number of nitrogens with two attached hydrogens (primary N) is 2. The summed E-state index contributed by atoms with van der Waals surface area (Å²) in [6, 6.07) is 23.4. The number of carbonyl (C=O) groups excluding carboxylic acids is 2. The van der Waals surface area contributed by atoms with E-state index in [0.29, 0.717) is 45.6 Å². The normalized spacial score (nSPS) is 17.7. The number of guanidine groups is 2. The van der Waals surface area contributed by atoms with Crippen molar-refractivity contribution in [2.24, 2.45) is 21.5 Å². The van der Waals surface area contributed by atoms with E-state index in [1.807, 2.05) is 6.07 Å². The molecule has 0 aliphatic carbocycles. The van der Waals surface area contributed by atoms with Crippen molar-refractivity contribution in [3.8, 4) is 35.7 Å². The van der Waals surface area contributed by atoms with E-state index in [-0.39, 0.29) is 49.3 Å². The van der Waals surface area contributed by atoms with E-state index in [4.69, 9.17) is 22.6 Å². The van der Waals surface area contributed by atoms with Crippen LogP contribution in [0.4, 0.5) is 17.6 Å². The topological polar surface area (TPSA) is 154 Å². The Morgan fingerprint density at radius 2 is 1.15 bits per heavy atom. The van der Waals surface area contributed by atoms with E-state index in [9.17, 15) is 27.2 Å². The Bertz CT molecular complexity index is 2420. The molecule has 2 aliphatic rings. The number of amides is 2. The van der Waals surface area contributed by atoms with Gasteiger partial charge in [0.25, 0.3) is 11.8 Å². The minimum absolute atomic E-state index is 0. The van der Waals surface area contributed by atoms with Gasteiger partial charge in [0.1, 0.15) is 24.7 Å². The van der Waals surface area contributed by atoms with Crippen molar-refractivity contribution < 1.29 is 46.1 Å². The molecule has 2 aliphatic heterocycles. The second kappa shape index (κ2) is 21.9. The first-order valence-corrected chi connectivity index (χ1v) is 18.9. The molecule has 0 saturated heterocycles. The second-order valence-electron chi connectivity index (χ2n) is 13.3. The molecule has 17 heteroatoms. The molecule has 0 fully saturated rings. The number of rotatable bonds is 10. The zero-order chi connectivity index (χ0) is 45.1. The number of nitrogens with zero attached hydrogens (tertiary/aromatic N) is 4. The van der Waals surface area contributed by atoms with Crippen LogP contribution in [0.25, 0.3) is 0 Å². The Morgan fingerprint density at radius 1 is 0.710 bits per heavy atom. The fourth-order valence-electron chi connectivity index (χ4n) is 6.40. The van der Waals surface area contributed by atoms with Gasteiger partial charge >= 0.3 is 13.2 Å². The molecular weight excluding hydrogens is 876 g/mol. The Hall–Kier alpha value is -6.40. The number of carbonyl (C=O) groups is 2. The molecule has 0 aromatic heterocycles. The first kappa shape index (κ1) is 50.0. The summed E-state index contributed by atoms with van der Waals surface area (Å²) in [4.78, 5) is 37.9. The Kier molecular flexibility index (Phi) is 17.7. The highest BCUT2D eigenvalue weighted by molar-refractivity contribution is 9.10. The first-order valence-electron chi connectivity index (χ1n) is 18.1. The van der Waals surface area contributed by atoms with Crippen molar-refractivity contribution >= 4 is 39.7 Å². The number of halogens is 5. The summed E-state index contributed by atoms with van der Waals surface area (Å²) in [5, 5.41) is 0. The van der Waals surface area contributed by atoms with E-state index in [0.717, 1.165) is 4.47 Å². The van der Waals surface area contributed by atoms with E-state index < -0.39 is 24.3 Å². The van der Waals surface area contributed by atoms with Gasteiger partial charge < -0.3 is 30.4 Å². The summed E-state index contributed by atoms with van der Waals surface area (Å²) in [5.41, 5.74) is 12.8. The molecule has 0 unspecified atom stereocenters. The number of benzene rings is 4. The van der Waals surface area contributed by atoms with Crippen molar-refractivity contribution in [1.29, 1.82) is 0 Å². The molecule has 2 amide bonds. The largest absolute Gasteiger partial charge is 0.435 e. The molecule has 4 aromatic carbocycles. The standard InChI is InChI=1S/C22H21F2N3O3.C18H16BrF2N3O2.C4H6O.CH4/c1-14-12-17(9-10-18(14)30-20(23)24)22(19(28)27(2)21(25)26-22)16-8-4-6-15(13-16)7-5-11-29-3;1-10-8-12(6-7-14(10)26-16(20)21)18(11-4-3-5-13(19)9-11)15(25)24(2)17(22)23-18;1-3-4-5-2;/h4,6,8-10,12-13,20H,11H2,1-3H3,(H2,25,26);3-9,16H,1-2H3,(H2,22,23);1H,4H2,2H3;1H4/t22-;18-;;/m11../s1. The maximum absolute atomic E-state index is 13.3. The second-order valence-corrected chi connectivity index (χ2v) is 14.2. The zero-order valence-electron chi connectivity index (χ0n) is 34.0. The Labute approximate surface area is 367 Å². The third-order valence-electron chi connectivity index (χ3n) is 9.30. The minimum Gasteiger partial charge on any atom is -0.435 e. The maximum atomic E-state index is 13.3. The summed E-state index contributed by atoms with van der Waals surface area (Å²) < 4.78 is 69.5. The van der Waals surface area contributed by atoms with E-state index in [1.165, 1.54) is 29.0 Å². The molecule has 12 nitrogen and oxygen atoms in total. The van der Waals surface area contributed by atoms with Crippen molar-refractivity contribution in [3.05, 3.63) is 128 Å². The van der Waals surface area contributed by atoms with Gasteiger partial charge in [0.2, 0.25) is 0 Å². The van der Waals surface area contributed by atoms with Crippen LogP contribution in [0.15, 0.2) is 99.4 Å². The smallest absolute Gasteiger partial charge is 0.387 e. The van der Waals surface area contributed by atoms with Crippen LogP contribution >= 0.6 is 15.9 Å². The van der Waals surface area contributed by atoms with Crippen molar-refractivity contribution in [1.82, 2.24) is 9.80 Å². The number of hydrogen-bond acceptors (Lipinski definition) is 10. The SMILES string of the molecule is C.C#CCOC.COCC#Cc1cccc([C@]2(c3ccc(OC(F)F)c(C)c3)N=C(N)N(C)C2=O)c1.Cc1cc([C@@]2(c3cccc(Br)c3)N=C(N)N(C)C2=O)ccc1OC(F)F. The van der Waals surface area contributed by atoms with Gasteiger partial charge in [-0.1, -0.05) is 77.5 Å². The molecule has 4 N–H and O–H groups in total. The highest BCUT2D eigenvalue weighted by Gasteiger charge is 2.51. The van der Waals surface area contributed by atoms with E-state index in [1.54, 1.807) is 102 Å². The number of ether oxygens (including phenoxy) is 4. The number of alkyl halides is 4. The van der Waals surface area contributed by atoms with Gasteiger partial charge in [-0.3, -0.25) is 19.4 Å². The summed E-state index contributed by atoms with van der Waals surface area (Å²) >= 11 is 3.40. The van der Waals surface area contributed by atoms with Crippen LogP contribution in [0.2, 0.25) is 0 Å². The highest BCUT2D eigenvalue weighted by atomic mass is 79.9. The van der Waals surface area contributed by atoms with E-state index >= 15 is 0 Å². The van der Waals surface area contributed by atoms with Crippen LogP contribution in [0.5, 0.6) is 11.5 Å². The molecule has 0 bridgehead atoms. The van der Waals surface area contributed by atoms with Gasteiger partial charge in [-0.2, -0.15) is 17.6 Å². The van der Waals surface area contributed by atoms with Crippen LogP contribution in [-0.2, 0) is 30.1 Å². The molecule has 62 heavy (non-hydrogen) atoms. The number of methoxy groups -OCH3 is 2. The molecule has 0 spiro atoms. The van der Waals surface area contributed by atoms with Crippen LogP contribution in [0.1, 0.15) is 46.4 Å². The van der Waals surface area contributed by atoms with Gasteiger partial charge in [0.05, 0.1) is 0 Å². The molecular formula is C45H47BrF4N6O6. The molecule has 6 rings (SSSR count). The first-order chi connectivity index (χ1) is 29.0. The lowest BCUT2D eigenvalue weighted by molar-refractivity contribution is -0.130. The number of aryl methyl sites for hydroxylation is 2. The monoisotopic (exact) mass is 922 g/mol. The van der Waals surface area contributed by atoms with Crippen LogP contribution < -0.4 is 20.9 Å². The molecule has 0 saturated carbocycles. The number of aliphatic imine (C=N–C) groups is 2. The summed E-state index contributed by atoms with van der Waals surface area (Å²) in [5.74, 6) is 7.67. The number of terminal acetylenes is 1. The molecule has 0 radical (unpaired) electrons. The molecule has 2 heterocycles. The lowest BCUT2D eigenvalue weighted by Gasteiger charge is -2.27. The van der Waals surface area contributed by atoms with Crippen LogP contribution in [-0.4, -0.2) is 88.3 Å². The summed E-state index contributed by atoms with van der Waals surface area (Å²) in [6.07, 6.45) is 4.76. The van der Waals surface area contributed by atoms with Gasteiger partial charge in [-0.05, 0) is 95.8 Å². The fourth-order valence-corrected chi connectivity index (χ4v) is 6.80. The maximum Gasteiger partial charge on any atom is 0.387 e. The van der Waals surface area contributed by atoms with Crippen LogP contribution in [0, 0.1) is 38.0 Å². The Morgan fingerprint density at radius 3 is 1.50 bits per heavy atom. The number of hydrogen-bond donors (Lipinski definition) is 2. The summed E-state index contributed by atoms with van der Waals surface area (Å²) in [7, 11) is 6.20. The van der Waals surface area contributed by atoms with Gasteiger partial charge in [-0.15, -0.1) is 6.42 Å². The lowest BCUT2D eigenvalue weighted by Crippen LogP contribution is -2.41. The van der Waals surface area contributed by atoms with Crippen molar-refractivity contribution in [2.45, 2.75) is 45.6 Å². The third-order valence-corrected chi connectivity index (χ3v) is 9.79. The van der Waals surface area contributed by atoms with E-state index in [2.05, 4.69) is 57.9 Å². The minimum atomic E-state index is -2.95. The third kappa shape index (κ3) is 10.9. The zero-order valence-corrected chi connectivity index (χ0v) is 35.6. The van der Waals surface area contributed by atoms with Gasteiger partial charge in [0, 0.05) is 38.4 Å². The quantitative estimate of drug-likeness (QED) is 0.129. The average molecular weight is 924 g/mol. The predicted molar refractivity (Wildman–Crippen MR) is 233 cm³/mol. The highest BCUT2D eigenvalue weighted by Crippen LogP contribution is 2.43. The summed E-state index contributed by atoms with van der Waals surface area (Å²) in [6.45, 7) is -1.93. The van der Waals surface area contributed by atoms with Gasteiger partial charge in [0.15, 0.2) is 23.0 Å².